The molecule has 0 saturated carbocycles. The van der Waals surface area contributed by atoms with Crippen molar-refractivity contribution in [2.24, 2.45) is 10.2 Å². The molecule has 0 aliphatic rings. The molecule has 3 N–H and O–H groups in total. The van der Waals surface area contributed by atoms with Crippen LogP contribution in [-0.4, -0.2) is 28.9 Å². The van der Waals surface area contributed by atoms with E-state index in [1.165, 1.54) is 42.5 Å². The van der Waals surface area contributed by atoms with Gasteiger partial charge < -0.3 is 10.4 Å². The van der Waals surface area contributed by atoms with Gasteiger partial charge in [-0.2, -0.15) is 18.6 Å². The summed E-state index contributed by atoms with van der Waals surface area (Å²) in [7, 11) is -4.17. The Labute approximate surface area is 142 Å². The Hall–Kier alpha value is -2.89. The van der Waals surface area contributed by atoms with E-state index in [-0.39, 0.29) is 12.3 Å². The van der Waals surface area contributed by atoms with Crippen molar-refractivity contribution in [2.45, 2.75) is 6.61 Å². The fourth-order valence-electron chi connectivity index (χ4n) is 1.85. The molecule has 0 aliphatic heterocycles. The molecule has 0 aromatic heterocycles. The number of nitro benzene ring substituents is 1. The van der Waals surface area contributed by atoms with Crippen LogP contribution in [0.2, 0.25) is 0 Å². The molecule has 0 spiro atoms. The lowest BCUT2D eigenvalue weighted by molar-refractivity contribution is -0.384. The summed E-state index contributed by atoms with van der Waals surface area (Å²) in [6, 6.07) is 9.94. The van der Waals surface area contributed by atoms with Crippen molar-refractivity contribution in [3.05, 3.63) is 58.1 Å². The van der Waals surface area contributed by atoms with Crippen LogP contribution in [-0.2, 0) is 16.7 Å². The number of aliphatic hydroxyl groups excluding tert-OH is 1. The number of non-ortho nitro benzene ring substituents is 1. The average molecular weight is 366 g/mol. The van der Waals surface area contributed by atoms with Crippen molar-refractivity contribution in [3.8, 4) is 0 Å². The van der Waals surface area contributed by atoms with Crippen molar-refractivity contribution < 1.29 is 23.0 Å². The van der Waals surface area contributed by atoms with E-state index in [1.54, 1.807) is 0 Å². The number of azo groups is 1. The quantitative estimate of drug-likeness (QED) is 0.294. The molecule has 0 heterocycles. The van der Waals surface area contributed by atoms with Gasteiger partial charge in [0, 0.05) is 23.4 Å². The van der Waals surface area contributed by atoms with E-state index in [9.17, 15) is 23.6 Å². The minimum atomic E-state index is -4.17. The normalized spacial score (nSPS) is 11.6. The number of nitrogens with zero attached hydrogens (tertiary/aromatic N) is 3. The van der Waals surface area contributed by atoms with Gasteiger partial charge in [-0.3, -0.25) is 14.7 Å². The highest BCUT2D eigenvalue weighted by atomic mass is 32.2. The van der Waals surface area contributed by atoms with Gasteiger partial charge in [0.1, 0.15) is 5.88 Å². The van der Waals surface area contributed by atoms with E-state index in [1.807, 2.05) is 0 Å². The molecule has 2 aromatic rings. The summed E-state index contributed by atoms with van der Waals surface area (Å²) < 4.78 is 30.1. The summed E-state index contributed by atoms with van der Waals surface area (Å²) in [4.78, 5) is 10.1. The zero-order chi connectivity index (χ0) is 18.4. The van der Waals surface area contributed by atoms with Gasteiger partial charge in [0.15, 0.2) is 0 Å². The third kappa shape index (κ3) is 5.60. The topological polar surface area (TPSA) is 154 Å². The second-order valence-corrected chi connectivity index (χ2v) is 6.33. The zero-order valence-corrected chi connectivity index (χ0v) is 13.5. The predicted molar refractivity (Wildman–Crippen MR) is 89.7 cm³/mol. The summed E-state index contributed by atoms with van der Waals surface area (Å²) >= 11 is 0. The summed E-state index contributed by atoms with van der Waals surface area (Å²) in [5, 5.41) is 30.4. The lowest BCUT2D eigenvalue weighted by Gasteiger charge is -2.07. The monoisotopic (exact) mass is 366 g/mol. The van der Waals surface area contributed by atoms with Crippen molar-refractivity contribution in [1.82, 2.24) is 0 Å². The van der Waals surface area contributed by atoms with Crippen LogP contribution in [0.15, 0.2) is 52.7 Å². The molecule has 0 amide bonds. The van der Waals surface area contributed by atoms with Gasteiger partial charge in [-0.25, -0.2) is 0 Å². The maximum absolute atomic E-state index is 10.7. The van der Waals surface area contributed by atoms with Crippen LogP contribution in [0.3, 0.4) is 0 Å². The number of hydrogen-bond acceptors (Lipinski definition) is 8. The summed E-state index contributed by atoms with van der Waals surface area (Å²) in [6.45, 7) is -0.365. The zero-order valence-electron chi connectivity index (χ0n) is 12.7. The fraction of sp³-hybridized carbons (Fsp3) is 0.143. The molecule has 0 saturated heterocycles. The largest absolute Gasteiger partial charge is 0.392 e. The first-order chi connectivity index (χ1) is 11.8. The summed E-state index contributed by atoms with van der Waals surface area (Å²) in [5.74, 6) is -0.665. The molecule has 132 valence electrons. The highest BCUT2D eigenvalue weighted by molar-refractivity contribution is 7.85. The predicted octanol–water partition coefficient (Wildman–Crippen LogP) is 2.76. The fourth-order valence-corrected chi connectivity index (χ4v) is 2.20. The van der Waals surface area contributed by atoms with E-state index in [0.29, 0.717) is 22.6 Å². The standard InChI is InChI=1S/C14H14N4O6S/c19-8-10-7-12(15-9-25(22,23)24)3-6-14(10)17-16-11-1-4-13(5-2-11)18(20)21/h1-7,15,19H,8-9H2,(H,22,23,24). The molecule has 0 atom stereocenters. The highest BCUT2D eigenvalue weighted by Gasteiger charge is 2.07. The number of hydrogen-bond donors (Lipinski definition) is 3. The first-order valence-corrected chi connectivity index (χ1v) is 8.48. The number of anilines is 1. The Bertz CT molecular complexity index is 896. The van der Waals surface area contributed by atoms with Gasteiger partial charge in [0.05, 0.1) is 22.9 Å². The average Bonchev–Trinajstić information content (AvgIpc) is 2.58. The molecule has 0 unspecified atom stereocenters. The third-order valence-electron chi connectivity index (χ3n) is 3.04. The van der Waals surface area contributed by atoms with Gasteiger partial charge in [-0.1, -0.05) is 0 Å². The Morgan fingerprint density at radius 1 is 1.12 bits per heavy atom. The molecule has 25 heavy (non-hydrogen) atoms. The van der Waals surface area contributed by atoms with Crippen molar-refractivity contribution in [2.75, 3.05) is 11.2 Å². The molecule has 0 fully saturated rings. The lowest BCUT2D eigenvalue weighted by atomic mass is 10.1. The van der Waals surface area contributed by atoms with Crippen molar-refractivity contribution in [1.29, 1.82) is 0 Å². The van der Waals surface area contributed by atoms with Crippen molar-refractivity contribution in [3.63, 3.8) is 0 Å². The van der Waals surface area contributed by atoms with Crippen LogP contribution in [0.5, 0.6) is 0 Å². The summed E-state index contributed by atoms with van der Waals surface area (Å²) in [6.07, 6.45) is 0. The van der Waals surface area contributed by atoms with Gasteiger partial charge in [-0.05, 0) is 30.3 Å². The van der Waals surface area contributed by atoms with Gasteiger partial charge in [-0.15, -0.1) is 0 Å². The van der Waals surface area contributed by atoms with E-state index < -0.39 is 20.9 Å². The van der Waals surface area contributed by atoms with Crippen molar-refractivity contribution >= 4 is 32.9 Å². The first-order valence-electron chi connectivity index (χ1n) is 6.87. The first kappa shape index (κ1) is 18.4. The van der Waals surface area contributed by atoms with Crippen LogP contribution in [0, 0.1) is 10.1 Å². The molecule has 0 aliphatic carbocycles. The molecule has 2 aromatic carbocycles. The molecular weight excluding hydrogens is 352 g/mol. The second kappa shape index (κ2) is 7.79. The Morgan fingerprint density at radius 2 is 1.80 bits per heavy atom. The molecule has 10 nitrogen and oxygen atoms in total. The van der Waals surface area contributed by atoms with E-state index in [0.717, 1.165) is 0 Å². The van der Waals surface area contributed by atoms with Gasteiger partial charge in [0.25, 0.3) is 15.8 Å². The summed E-state index contributed by atoms with van der Waals surface area (Å²) in [5.41, 5.74) is 1.42. The number of rotatable bonds is 7. The number of nitrogens with one attached hydrogen (secondary N) is 1. The van der Waals surface area contributed by atoms with Crippen LogP contribution in [0.4, 0.5) is 22.7 Å². The second-order valence-electron chi connectivity index (χ2n) is 4.88. The molecular formula is C14H14N4O6S. The maximum atomic E-state index is 10.7. The van der Waals surface area contributed by atoms with Crippen LogP contribution >= 0.6 is 0 Å². The van der Waals surface area contributed by atoms with Gasteiger partial charge >= 0.3 is 0 Å². The van der Waals surface area contributed by atoms with Crippen LogP contribution in [0.1, 0.15) is 5.56 Å². The molecule has 0 bridgehead atoms. The van der Waals surface area contributed by atoms with E-state index in [4.69, 9.17) is 4.55 Å². The number of benzene rings is 2. The Balaban J connectivity index is 2.16. The number of nitro groups is 1. The lowest BCUT2D eigenvalue weighted by Crippen LogP contribution is -2.13. The Kier molecular flexibility index (Phi) is 5.75. The number of aliphatic hydroxyl groups is 1. The minimum Gasteiger partial charge on any atom is -0.392 e. The molecule has 2 rings (SSSR count). The minimum absolute atomic E-state index is 0.0655. The smallest absolute Gasteiger partial charge is 0.283 e. The maximum Gasteiger partial charge on any atom is 0.283 e. The highest BCUT2D eigenvalue weighted by Crippen LogP contribution is 2.26. The van der Waals surface area contributed by atoms with E-state index >= 15 is 0 Å². The van der Waals surface area contributed by atoms with Gasteiger partial charge in [0.2, 0.25) is 0 Å². The molecule has 0 radical (unpaired) electrons. The molecule has 11 heteroatoms. The van der Waals surface area contributed by atoms with E-state index in [2.05, 4.69) is 15.5 Å². The Morgan fingerprint density at radius 3 is 2.36 bits per heavy atom. The third-order valence-corrected chi connectivity index (χ3v) is 3.55. The van der Waals surface area contributed by atoms with Crippen LogP contribution < -0.4 is 5.32 Å². The SMILES string of the molecule is O=[N+]([O-])c1ccc(N=Nc2ccc(NCS(=O)(=O)O)cc2CO)cc1. The van der Waals surface area contributed by atoms with Crippen LogP contribution in [0.25, 0.3) is 0 Å².